The number of hydrogen-bond acceptors (Lipinski definition) is 4. The van der Waals surface area contributed by atoms with Crippen LogP contribution in [0.15, 0.2) is 4.99 Å². The molecule has 1 unspecified atom stereocenters. The maximum absolute atomic E-state index is 11.4. The number of halogens is 1. The Hall–Kier alpha value is -0.880. The molecular weight excluding hydrogens is 467 g/mol. The van der Waals surface area contributed by atoms with E-state index in [0.717, 1.165) is 12.1 Å². The fraction of sp³-hybridized carbons (Fsp3) is 0.750. The predicted molar refractivity (Wildman–Crippen MR) is 118 cm³/mol. The van der Waals surface area contributed by atoms with Crippen LogP contribution in [-0.2, 0) is 23.5 Å². The predicted octanol–water partition coefficient (Wildman–Crippen LogP) is 1.08. The van der Waals surface area contributed by atoms with Crippen molar-refractivity contribution in [3.63, 3.8) is 0 Å². The molecule has 0 bridgehead atoms. The summed E-state index contributed by atoms with van der Waals surface area (Å²) < 4.78 is 27.2. The van der Waals surface area contributed by atoms with Crippen molar-refractivity contribution in [1.82, 2.24) is 25.1 Å². The third kappa shape index (κ3) is 8.21. The van der Waals surface area contributed by atoms with Crippen LogP contribution in [0, 0.1) is 13.8 Å². The summed E-state index contributed by atoms with van der Waals surface area (Å²) in [5.74, 6) is 0.819. The largest absolute Gasteiger partial charge is 0.356 e. The SMILES string of the molecule is CCS(=O)(=O)NCCCNC(=NC)NC(C)Cc1c(C)nn(C)c1C.I. The van der Waals surface area contributed by atoms with Crippen LogP contribution in [0.4, 0.5) is 0 Å². The molecule has 3 N–H and O–H groups in total. The summed E-state index contributed by atoms with van der Waals surface area (Å²) in [5.41, 5.74) is 3.49. The highest BCUT2D eigenvalue weighted by molar-refractivity contribution is 14.0. The first-order chi connectivity index (χ1) is 11.7. The highest BCUT2D eigenvalue weighted by Gasteiger charge is 2.14. The highest BCUT2D eigenvalue weighted by Crippen LogP contribution is 2.14. The molecule has 1 aromatic rings. The minimum absolute atomic E-state index is 0. The van der Waals surface area contributed by atoms with E-state index in [-0.39, 0.29) is 35.8 Å². The van der Waals surface area contributed by atoms with E-state index in [9.17, 15) is 8.42 Å². The van der Waals surface area contributed by atoms with Crippen molar-refractivity contribution in [2.75, 3.05) is 25.9 Å². The summed E-state index contributed by atoms with van der Waals surface area (Å²) in [7, 11) is 0.563. The lowest BCUT2D eigenvalue weighted by Gasteiger charge is -2.18. The second kappa shape index (κ2) is 11.8. The van der Waals surface area contributed by atoms with Crippen molar-refractivity contribution in [3.05, 3.63) is 17.0 Å². The minimum atomic E-state index is -3.12. The number of nitrogens with one attached hydrogen (secondary N) is 3. The summed E-state index contributed by atoms with van der Waals surface area (Å²) in [4.78, 5) is 4.22. The molecule has 0 saturated carbocycles. The van der Waals surface area contributed by atoms with Gasteiger partial charge in [0.05, 0.1) is 11.4 Å². The van der Waals surface area contributed by atoms with Gasteiger partial charge in [0.2, 0.25) is 10.0 Å². The Morgan fingerprint density at radius 3 is 2.46 bits per heavy atom. The van der Waals surface area contributed by atoms with E-state index in [4.69, 9.17) is 0 Å². The van der Waals surface area contributed by atoms with E-state index >= 15 is 0 Å². The third-order valence-electron chi connectivity index (χ3n) is 4.12. The number of aromatic nitrogens is 2. The minimum Gasteiger partial charge on any atom is -0.356 e. The van der Waals surface area contributed by atoms with Crippen molar-refractivity contribution in [2.24, 2.45) is 12.0 Å². The molecule has 1 atom stereocenters. The second-order valence-electron chi connectivity index (χ2n) is 6.17. The summed E-state index contributed by atoms with van der Waals surface area (Å²) in [6.07, 6.45) is 1.55. The number of guanidine groups is 1. The molecule has 0 aliphatic carbocycles. The van der Waals surface area contributed by atoms with Gasteiger partial charge >= 0.3 is 0 Å². The quantitative estimate of drug-likeness (QED) is 0.204. The summed E-state index contributed by atoms with van der Waals surface area (Å²) in [6.45, 7) is 8.90. The number of rotatable bonds is 9. The van der Waals surface area contributed by atoms with Crippen molar-refractivity contribution < 1.29 is 8.42 Å². The van der Waals surface area contributed by atoms with Crippen LogP contribution >= 0.6 is 24.0 Å². The van der Waals surface area contributed by atoms with Gasteiger partial charge in [0.25, 0.3) is 0 Å². The molecule has 152 valence electrons. The molecule has 0 amide bonds. The Kier molecular flexibility index (Phi) is 11.4. The molecule has 0 fully saturated rings. The van der Waals surface area contributed by atoms with E-state index in [1.807, 2.05) is 18.7 Å². The van der Waals surface area contributed by atoms with Gasteiger partial charge in [-0.15, -0.1) is 24.0 Å². The lowest BCUT2D eigenvalue weighted by atomic mass is 10.1. The normalized spacial score (nSPS) is 13.2. The van der Waals surface area contributed by atoms with Crippen LogP contribution in [0.3, 0.4) is 0 Å². The van der Waals surface area contributed by atoms with Gasteiger partial charge in [0.15, 0.2) is 5.96 Å². The molecule has 8 nitrogen and oxygen atoms in total. The van der Waals surface area contributed by atoms with Gasteiger partial charge in [-0.3, -0.25) is 9.67 Å². The van der Waals surface area contributed by atoms with Crippen LogP contribution in [0.5, 0.6) is 0 Å². The first kappa shape index (κ1) is 25.1. The van der Waals surface area contributed by atoms with Crippen LogP contribution in [-0.4, -0.2) is 56.1 Å². The molecule has 0 aliphatic rings. The van der Waals surface area contributed by atoms with E-state index in [1.165, 1.54) is 11.3 Å². The Labute approximate surface area is 174 Å². The lowest BCUT2D eigenvalue weighted by molar-refractivity contribution is 0.579. The number of aryl methyl sites for hydroxylation is 2. The van der Waals surface area contributed by atoms with Gasteiger partial charge in [0.1, 0.15) is 0 Å². The molecule has 0 spiro atoms. The van der Waals surface area contributed by atoms with Crippen LogP contribution < -0.4 is 15.4 Å². The standard InChI is InChI=1S/C16H32N6O2S.HI/c1-7-25(23,24)19-10-8-9-18-16(17-5)20-12(2)11-15-13(3)21-22(6)14(15)4;/h12,19H,7-11H2,1-6H3,(H2,17,18,20);1H. The Morgan fingerprint density at radius 2 is 1.96 bits per heavy atom. The lowest BCUT2D eigenvalue weighted by Crippen LogP contribution is -2.44. The van der Waals surface area contributed by atoms with E-state index < -0.39 is 10.0 Å². The third-order valence-corrected chi connectivity index (χ3v) is 5.53. The molecular formula is C16H33IN6O2S. The molecule has 0 radical (unpaired) electrons. The average Bonchev–Trinajstić information content (AvgIpc) is 2.79. The van der Waals surface area contributed by atoms with Gasteiger partial charge in [-0.25, -0.2) is 13.1 Å². The number of hydrogen-bond donors (Lipinski definition) is 3. The van der Waals surface area contributed by atoms with E-state index in [2.05, 4.69) is 39.3 Å². The van der Waals surface area contributed by atoms with Crippen LogP contribution in [0.25, 0.3) is 0 Å². The van der Waals surface area contributed by atoms with E-state index in [1.54, 1.807) is 14.0 Å². The van der Waals surface area contributed by atoms with Crippen molar-refractivity contribution >= 4 is 40.0 Å². The Balaban J connectivity index is 0.00000625. The number of sulfonamides is 1. The number of aliphatic imine (C=N–C) groups is 1. The first-order valence-corrected chi connectivity index (χ1v) is 10.3. The van der Waals surface area contributed by atoms with Crippen molar-refractivity contribution in [1.29, 1.82) is 0 Å². The molecule has 1 aromatic heterocycles. The molecule has 10 heteroatoms. The molecule has 26 heavy (non-hydrogen) atoms. The van der Waals surface area contributed by atoms with E-state index in [0.29, 0.717) is 25.5 Å². The molecule has 0 aromatic carbocycles. The van der Waals surface area contributed by atoms with Gasteiger partial charge in [-0.2, -0.15) is 5.10 Å². The fourth-order valence-corrected chi connectivity index (χ4v) is 3.18. The Bertz CT molecular complexity index is 687. The Morgan fingerprint density at radius 1 is 1.31 bits per heavy atom. The molecule has 1 rings (SSSR count). The fourth-order valence-electron chi connectivity index (χ4n) is 2.52. The maximum Gasteiger partial charge on any atom is 0.211 e. The zero-order valence-electron chi connectivity index (χ0n) is 16.6. The van der Waals surface area contributed by atoms with Gasteiger partial charge < -0.3 is 10.6 Å². The van der Waals surface area contributed by atoms with Gasteiger partial charge in [0, 0.05) is 38.9 Å². The van der Waals surface area contributed by atoms with Gasteiger partial charge in [-0.05, 0) is 46.1 Å². The zero-order valence-corrected chi connectivity index (χ0v) is 19.7. The van der Waals surface area contributed by atoms with Crippen LogP contribution in [0.1, 0.15) is 37.2 Å². The summed E-state index contributed by atoms with van der Waals surface area (Å²) >= 11 is 0. The highest BCUT2D eigenvalue weighted by atomic mass is 127. The maximum atomic E-state index is 11.4. The van der Waals surface area contributed by atoms with Crippen LogP contribution in [0.2, 0.25) is 0 Å². The molecule has 0 aliphatic heterocycles. The molecule has 1 heterocycles. The van der Waals surface area contributed by atoms with Crippen molar-refractivity contribution in [2.45, 2.75) is 46.6 Å². The monoisotopic (exact) mass is 500 g/mol. The smallest absolute Gasteiger partial charge is 0.211 e. The summed E-state index contributed by atoms with van der Waals surface area (Å²) in [5, 5.41) is 11.0. The summed E-state index contributed by atoms with van der Waals surface area (Å²) in [6, 6.07) is 0.200. The average molecular weight is 500 g/mol. The zero-order chi connectivity index (χ0) is 19.0. The second-order valence-corrected chi connectivity index (χ2v) is 8.27. The number of nitrogens with zero attached hydrogens (tertiary/aromatic N) is 3. The molecule has 0 saturated heterocycles. The first-order valence-electron chi connectivity index (χ1n) is 8.63. The topological polar surface area (TPSA) is 100 Å². The van der Waals surface area contributed by atoms with Gasteiger partial charge in [-0.1, -0.05) is 0 Å². The van der Waals surface area contributed by atoms with Crippen molar-refractivity contribution in [3.8, 4) is 0 Å².